The number of halogens is 3. The minimum absolute atomic E-state index is 0.358. The smallest absolute Gasteiger partial charge is 0.263 e. The molecular formula is C15H9F3N2. The lowest BCUT2D eigenvalue weighted by atomic mass is 10.0. The van der Waals surface area contributed by atoms with Crippen LogP contribution in [0.2, 0.25) is 0 Å². The molecule has 1 aromatic carbocycles. The first-order chi connectivity index (χ1) is 9.55. The summed E-state index contributed by atoms with van der Waals surface area (Å²) in [5.74, 6) is 0. The van der Waals surface area contributed by atoms with Crippen LogP contribution in [0.3, 0.4) is 0 Å². The monoisotopic (exact) mass is 274 g/mol. The SMILES string of the molecule is FC(F)(F)c1cncc(-c2nccc3ccccc23)c1. The van der Waals surface area contributed by atoms with Crippen LogP contribution in [-0.4, -0.2) is 9.97 Å². The molecule has 0 unspecified atom stereocenters. The Labute approximate surface area is 112 Å². The molecule has 0 N–H and O–H groups in total. The van der Waals surface area contributed by atoms with Crippen LogP contribution in [0, 0.1) is 0 Å². The molecule has 0 bridgehead atoms. The second-order valence-corrected chi connectivity index (χ2v) is 4.34. The van der Waals surface area contributed by atoms with Crippen molar-refractivity contribution in [1.82, 2.24) is 9.97 Å². The summed E-state index contributed by atoms with van der Waals surface area (Å²) >= 11 is 0. The predicted molar refractivity (Wildman–Crippen MR) is 70.0 cm³/mol. The predicted octanol–water partition coefficient (Wildman–Crippen LogP) is 4.32. The number of rotatable bonds is 1. The molecule has 0 saturated heterocycles. The van der Waals surface area contributed by atoms with Crippen molar-refractivity contribution in [3.8, 4) is 11.3 Å². The van der Waals surface area contributed by atoms with E-state index in [2.05, 4.69) is 9.97 Å². The lowest BCUT2D eigenvalue weighted by molar-refractivity contribution is -0.137. The normalized spacial score (nSPS) is 11.8. The minimum atomic E-state index is -4.41. The zero-order valence-electron chi connectivity index (χ0n) is 10.2. The summed E-state index contributed by atoms with van der Waals surface area (Å²) in [4.78, 5) is 7.87. The molecule has 0 saturated carbocycles. The molecular weight excluding hydrogens is 265 g/mol. The Bertz CT molecular complexity index is 761. The molecule has 3 aromatic rings. The molecule has 0 amide bonds. The molecule has 5 heteroatoms. The summed E-state index contributed by atoms with van der Waals surface area (Å²) in [6, 6.07) is 10.3. The van der Waals surface area contributed by atoms with Crippen LogP contribution in [0.5, 0.6) is 0 Å². The Morgan fingerprint density at radius 2 is 1.75 bits per heavy atom. The molecule has 100 valence electrons. The maximum Gasteiger partial charge on any atom is 0.417 e. The van der Waals surface area contributed by atoms with E-state index in [9.17, 15) is 13.2 Å². The van der Waals surface area contributed by atoms with E-state index in [1.807, 2.05) is 30.3 Å². The first kappa shape index (κ1) is 12.6. The highest BCUT2D eigenvalue weighted by atomic mass is 19.4. The maximum absolute atomic E-state index is 12.7. The molecule has 0 atom stereocenters. The molecule has 2 heterocycles. The third-order valence-electron chi connectivity index (χ3n) is 3.01. The van der Waals surface area contributed by atoms with Gasteiger partial charge >= 0.3 is 6.18 Å². The Morgan fingerprint density at radius 3 is 2.55 bits per heavy atom. The van der Waals surface area contributed by atoms with E-state index in [0.29, 0.717) is 11.3 Å². The lowest BCUT2D eigenvalue weighted by Gasteiger charge is -2.09. The molecule has 0 fully saturated rings. The molecule has 0 aliphatic heterocycles. The van der Waals surface area contributed by atoms with Gasteiger partial charge in [0.05, 0.1) is 11.3 Å². The Morgan fingerprint density at radius 1 is 0.950 bits per heavy atom. The van der Waals surface area contributed by atoms with Gasteiger partial charge in [-0.1, -0.05) is 24.3 Å². The van der Waals surface area contributed by atoms with Crippen LogP contribution in [0.15, 0.2) is 55.0 Å². The van der Waals surface area contributed by atoms with Crippen molar-refractivity contribution < 1.29 is 13.2 Å². The standard InChI is InChI=1S/C15H9F3N2/c16-15(17,18)12-7-11(8-19-9-12)14-13-4-2-1-3-10(13)5-6-20-14/h1-9H. The van der Waals surface area contributed by atoms with E-state index in [1.54, 1.807) is 6.20 Å². The highest BCUT2D eigenvalue weighted by Crippen LogP contribution is 2.32. The van der Waals surface area contributed by atoms with E-state index >= 15 is 0 Å². The van der Waals surface area contributed by atoms with E-state index < -0.39 is 11.7 Å². The molecule has 0 aliphatic rings. The van der Waals surface area contributed by atoms with Gasteiger partial charge in [0, 0.05) is 29.5 Å². The van der Waals surface area contributed by atoms with Crippen molar-refractivity contribution >= 4 is 10.8 Å². The summed E-state index contributed by atoms with van der Waals surface area (Å²) in [6.07, 6.45) is -0.621. The van der Waals surface area contributed by atoms with Crippen molar-refractivity contribution in [3.63, 3.8) is 0 Å². The van der Waals surface area contributed by atoms with E-state index in [0.717, 1.165) is 23.0 Å². The summed E-state index contributed by atoms with van der Waals surface area (Å²) < 4.78 is 38.2. The van der Waals surface area contributed by atoms with Crippen molar-refractivity contribution in [2.75, 3.05) is 0 Å². The van der Waals surface area contributed by atoms with Gasteiger partial charge in [0.25, 0.3) is 0 Å². The van der Waals surface area contributed by atoms with Crippen LogP contribution in [0.1, 0.15) is 5.56 Å². The van der Waals surface area contributed by atoms with Gasteiger partial charge in [0.1, 0.15) is 0 Å². The van der Waals surface area contributed by atoms with Gasteiger partial charge in [0.2, 0.25) is 0 Å². The third kappa shape index (κ3) is 2.22. The van der Waals surface area contributed by atoms with Crippen LogP contribution < -0.4 is 0 Å². The van der Waals surface area contributed by atoms with Crippen molar-refractivity contribution in [3.05, 3.63) is 60.6 Å². The molecule has 2 nitrogen and oxygen atoms in total. The maximum atomic E-state index is 12.7. The third-order valence-corrected chi connectivity index (χ3v) is 3.01. The van der Waals surface area contributed by atoms with E-state index in [1.165, 1.54) is 6.20 Å². The van der Waals surface area contributed by atoms with Crippen molar-refractivity contribution in [2.24, 2.45) is 0 Å². The van der Waals surface area contributed by atoms with Crippen LogP contribution in [-0.2, 0) is 6.18 Å². The fraction of sp³-hybridized carbons (Fsp3) is 0.0667. The highest BCUT2D eigenvalue weighted by Gasteiger charge is 2.31. The van der Waals surface area contributed by atoms with Gasteiger partial charge in [-0.2, -0.15) is 13.2 Å². The zero-order chi connectivity index (χ0) is 14.2. The van der Waals surface area contributed by atoms with Gasteiger partial charge in [-0.3, -0.25) is 9.97 Å². The van der Waals surface area contributed by atoms with Crippen LogP contribution in [0.4, 0.5) is 13.2 Å². The fourth-order valence-electron chi connectivity index (χ4n) is 2.07. The number of benzene rings is 1. The molecule has 3 rings (SSSR count). The molecule has 0 spiro atoms. The minimum Gasteiger partial charge on any atom is -0.263 e. The largest absolute Gasteiger partial charge is 0.417 e. The Kier molecular flexibility index (Phi) is 2.89. The number of fused-ring (bicyclic) bond motifs is 1. The summed E-state index contributed by atoms with van der Waals surface area (Å²) in [7, 11) is 0. The van der Waals surface area contributed by atoms with Gasteiger partial charge in [-0.25, -0.2) is 0 Å². The summed E-state index contributed by atoms with van der Waals surface area (Å²) in [6.45, 7) is 0. The van der Waals surface area contributed by atoms with Gasteiger partial charge in [-0.05, 0) is 17.5 Å². The number of hydrogen-bond donors (Lipinski definition) is 0. The van der Waals surface area contributed by atoms with Crippen LogP contribution >= 0.6 is 0 Å². The molecule has 0 aliphatic carbocycles. The first-order valence-corrected chi connectivity index (χ1v) is 5.92. The summed E-state index contributed by atoms with van der Waals surface area (Å²) in [5, 5.41) is 1.73. The number of aromatic nitrogens is 2. The Balaban J connectivity index is 2.21. The molecule has 0 radical (unpaired) electrons. The van der Waals surface area contributed by atoms with Gasteiger partial charge in [-0.15, -0.1) is 0 Å². The highest BCUT2D eigenvalue weighted by molar-refractivity contribution is 5.94. The topological polar surface area (TPSA) is 25.8 Å². The number of nitrogens with zero attached hydrogens (tertiary/aromatic N) is 2. The average Bonchev–Trinajstić information content (AvgIpc) is 2.46. The fourth-order valence-corrected chi connectivity index (χ4v) is 2.07. The number of alkyl halides is 3. The Hall–Kier alpha value is -2.43. The van der Waals surface area contributed by atoms with Crippen LogP contribution in [0.25, 0.3) is 22.0 Å². The molecule has 20 heavy (non-hydrogen) atoms. The zero-order valence-corrected chi connectivity index (χ0v) is 10.2. The number of pyridine rings is 2. The number of hydrogen-bond acceptors (Lipinski definition) is 2. The quantitative estimate of drug-likeness (QED) is 0.660. The van der Waals surface area contributed by atoms with E-state index in [4.69, 9.17) is 0 Å². The lowest BCUT2D eigenvalue weighted by Crippen LogP contribution is -2.05. The summed E-state index contributed by atoms with van der Waals surface area (Å²) in [5.41, 5.74) is 0.0862. The van der Waals surface area contributed by atoms with Gasteiger partial charge in [0.15, 0.2) is 0 Å². The van der Waals surface area contributed by atoms with Crippen molar-refractivity contribution in [2.45, 2.75) is 6.18 Å². The van der Waals surface area contributed by atoms with Crippen molar-refractivity contribution in [1.29, 1.82) is 0 Å². The first-order valence-electron chi connectivity index (χ1n) is 5.92. The molecule has 2 aromatic heterocycles. The second kappa shape index (κ2) is 4.59. The second-order valence-electron chi connectivity index (χ2n) is 4.34. The average molecular weight is 274 g/mol. The van der Waals surface area contributed by atoms with E-state index in [-0.39, 0.29) is 0 Å². The van der Waals surface area contributed by atoms with Gasteiger partial charge < -0.3 is 0 Å².